The third kappa shape index (κ3) is 3.32. The molecule has 0 unspecified atom stereocenters. The Labute approximate surface area is 125 Å². The lowest BCUT2D eigenvalue weighted by atomic mass is 10.1. The summed E-state index contributed by atoms with van der Waals surface area (Å²) in [7, 11) is 3.81. The second-order valence-electron chi connectivity index (χ2n) is 5.44. The fourth-order valence-corrected chi connectivity index (χ4v) is 2.69. The predicted octanol–water partition coefficient (Wildman–Crippen LogP) is 1.58. The monoisotopic (exact) mass is 289 g/mol. The summed E-state index contributed by atoms with van der Waals surface area (Å²) in [5, 5.41) is 11.5. The molecular weight excluding hydrogens is 266 g/mol. The summed E-state index contributed by atoms with van der Waals surface area (Å²) < 4.78 is 3.65. The number of nitrogens with one attached hydrogen (secondary N) is 1. The van der Waals surface area contributed by atoms with E-state index in [0.717, 1.165) is 22.6 Å². The summed E-state index contributed by atoms with van der Waals surface area (Å²) in [4.78, 5) is 12.1. The molecule has 0 radical (unpaired) electrons. The molecule has 0 saturated heterocycles. The van der Waals surface area contributed by atoms with Gasteiger partial charge in [-0.05, 0) is 33.3 Å². The van der Waals surface area contributed by atoms with E-state index in [1.54, 1.807) is 10.9 Å². The van der Waals surface area contributed by atoms with Crippen LogP contribution < -0.4 is 5.32 Å². The molecule has 0 saturated carbocycles. The number of rotatable bonds is 5. The molecule has 0 aliphatic rings. The van der Waals surface area contributed by atoms with Gasteiger partial charge in [0.2, 0.25) is 5.91 Å². The lowest BCUT2D eigenvalue weighted by Gasteiger charge is -2.15. The van der Waals surface area contributed by atoms with E-state index in [1.807, 2.05) is 45.6 Å². The molecule has 0 bridgehead atoms. The molecular formula is C15H23N5O. The van der Waals surface area contributed by atoms with Gasteiger partial charge >= 0.3 is 0 Å². The van der Waals surface area contributed by atoms with E-state index in [1.165, 1.54) is 0 Å². The van der Waals surface area contributed by atoms with E-state index >= 15 is 0 Å². The van der Waals surface area contributed by atoms with Gasteiger partial charge in [-0.25, -0.2) is 0 Å². The van der Waals surface area contributed by atoms with Crippen LogP contribution in [0.15, 0.2) is 12.3 Å². The lowest BCUT2D eigenvalue weighted by molar-refractivity contribution is -0.121. The third-order valence-corrected chi connectivity index (χ3v) is 3.91. The molecule has 0 aliphatic carbocycles. The van der Waals surface area contributed by atoms with Gasteiger partial charge in [0, 0.05) is 43.7 Å². The van der Waals surface area contributed by atoms with Crippen LogP contribution in [0.2, 0.25) is 0 Å². The van der Waals surface area contributed by atoms with Gasteiger partial charge in [-0.3, -0.25) is 14.2 Å². The Balaban J connectivity index is 1.94. The van der Waals surface area contributed by atoms with Crippen molar-refractivity contribution in [1.82, 2.24) is 24.9 Å². The molecule has 1 amide bonds. The molecule has 2 heterocycles. The van der Waals surface area contributed by atoms with Crippen molar-refractivity contribution in [3.05, 3.63) is 34.9 Å². The fraction of sp³-hybridized carbons (Fsp3) is 0.533. The summed E-state index contributed by atoms with van der Waals surface area (Å²) in [6.07, 6.45) is 2.90. The maximum atomic E-state index is 12.1. The molecule has 2 rings (SSSR count). The number of carbonyl (C=O) groups excluding carboxylic acids is 1. The van der Waals surface area contributed by atoms with Gasteiger partial charge < -0.3 is 5.32 Å². The topological polar surface area (TPSA) is 64.7 Å². The molecule has 6 nitrogen and oxygen atoms in total. The maximum absolute atomic E-state index is 12.1. The molecule has 1 atom stereocenters. The SMILES string of the molecule is Cc1nn(C)c(C)c1[C@H](C)NC(=O)CCc1ccnn1C. The maximum Gasteiger partial charge on any atom is 0.220 e. The first-order valence-corrected chi connectivity index (χ1v) is 7.16. The van der Waals surface area contributed by atoms with Crippen LogP contribution in [0.3, 0.4) is 0 Å². The van der Waals surface area contributed by atoms with Crippen molar-refractivity contribution in [2.75, 3.05) is 0 Å². The molecule has 1 N–H and O–H groups in total. The first-order chi connectivity index (χ1) is 9.90. The van der Waals surface area contributed by atoms with Crippen molar-refractivity contribution in [2.24, 2.45) is 14.1 Å². The molecule has 6 heteroatoms. The van der Waals surface area contributed by atoms with Gasteiger partial charge in [-0.1, -0.05) is 0 Å². The smallest absolute Gasteiger partial charge is 0.220 e. The normalized spacial score (nSPS) is 12.4. The average Bonchev–Trinajstić information content (AvgIpc) is 2.91. The van der Waals surface area contributed by atoms with Crippen LogP contribution in [-0.4, -0.2) is 25.5 Å². The third-order valence-electron chi connectivity index (χ3n) is 3.91. The first kappa shape index (κ1) is 15.3. The molecule has 0 aliphatic heterocycles. The summed E-state index contributed by atoms with van der Waals surface area (Å²) in [6.45, 7) is 5.99. The largest absolute Gasteiger partial charge is 0.349 e. The number of hydrogen-bond donors (Lipinski definition) is 1. The number of aromatic nitrogens is 4. The van der Waals surface area contributed by atoms with E-state index in [0.29, 0.717) is 12.8 Å². The van der Waals surface area contributed by atoms with E-state index in [4.69, 9.17) is 0 Å². The number of amides is 1. The minimum atomic E-state index is -0.0299. The van der Waals surface area contributed by atoms with Crippen LogP contribution in [0.4, 0.5) is 0 Å². The Morgan fingerprint density at radius 3 is 2.57 bits per heavy atom. The van der Waals surface area contributed by atoms with E-state index in [2.05, 4.69) is 15.5 Å². The highest BCUT2D eigenvalue weighted by atomic mass is 16.1. The van der Waals surface area contributed by atoms with E-state index in [9.17, 15) is 4.79 Å². The molecule has 21 heavy (non-hydrogen) atoms. The number of aryl methyl sites for hydroxylation is 4. The van der Waals surface area contributed by atoms with Crippen molar-refractivity contribution >= 4 is 5.91 Å². The Hall–Kier alpha value is -2.11. The second kappa shape index (κ2) is 6.11. The molecule has 2 aromatic heterocycles. The van der Waals surface area contributed by atoms with Gasteiger partial charge in [-0.2, -0.15) is 10.2 Å². The minimum absolute atomic E-state index is 0.0299. The van der Waals surface area contributed by atoms with Gasteiger partial charge in [0.1, 0.15) is 0 Å². The number of carbonyl (C=O) groups is 1. The molecule has 2 aromatic rings. The Kier molecular flexibility index (Phi) is 4.45. The van der Waals surface area contributed by atoms with Crippen molar-refractivity contribution in [3.63, 3.8) is 0 Å². The highest BCUT2D eigenvalue weighted by Crippen LogP contribution is 2.20. The highest BCUT2D eigenvalue weighted by Gasteiger charge is 2.18. The first-order valence-electron chi connectivity index (χ1n) is 7.16. The van der Waals surface area contributed by atoms with Crippen LogP contribution in [0, 0.1) is 13.8 Å². The molecule has 0 fully saturated rings. The van der Waals surface area contributed by atoms with Crippen molar-refractivity contribution in [3.8, 4) is 0 Å². The average molecular weight is 289 g/mol. The van der Waals surface area contributed by atoms with Crippen molar-refractivity contribution in [2.45, 2.75) is 39.7 Å². The van der Waals surface area contributed by atoms with E-state index in [-0.39, 0.29) is 11.9 Å². The number of hydrogen-bond acceptors (Lipinski definition) is 3. The fourth-order valence-electron chi connectivity index (χ4n) is 2.69. The molecule has 0 spiro atoms. The predicted molar refractivity (Wildman–Crippen MR) is 80.8 cm³/mol. The highest BCUT2D eigenvalue weighted by molar-refractivity contribution is 5.76. The summed E-state index contributed by atoms with van der Waals surface area (Å²) >= 11 is 0. The minimum Gasteiger partial charge on any atom is -0.349 e. The lowest BCUT2D eigenvalue weighted by Crippen LogP contribution is -2.27. The van der Waals surface area contributed by atoms with Gasteiger partial charge in [0.05, 0.1) is 11.7 Å². The van der Waals surface area contributed by atoms with E-state index < -0.39 is 0 Å². The summed E-state index contributed by atoms with van der Waals surface area (Å²) in [5.41, 5.74) is 4.22. The molecule has 0 aromatic carbocycles. The second-order valence-corrected chi connectivity index (χ2v) is 5.44. The van der Waals surface area contributed by atoms with Crippen LogP contribution in [0.5, 0.6) is 0 Å². The van der Waals surface area contributed by atoms with Crippen LogP contribution >= 0.6 is 0 Å². The van der Waals surface area contributed by atoms with Crippen LogP contribution in [-0.2, 0) is 25.3 Å². The van der Waals surface area contributed by atoms with Crippen LogP contribution in [0.25, 0.3) is 0 Å². The van der Waals surface area contributed by atoms with Crippen molar-refractivity contribution in [1.29, 1.82) is 0 Å². The van der Waals surface area contributed by atoms with Crippen LogP contribution in [0.1, 0.15) is 42.0 Å². The quantitative estimate of drug-likeness (QED) is 0.909. The van der Waals surface area contributed by atoms with Crippen molar-refractivity contribution < 1.29 is 4.79 Å². The van der Waals surface area contributed by atoms with Gasteiger partial charge in [-0.15, -0.1) is 0 Å². The summed E-state index contributed by atoms with van der Waals surface area (Å²) in [6, 6.07) is 1.91. The Bertz CT molecular complexity index is 641. The van der Waals surface area contributed by atoms with Gasteiger partial charge in [0.25, 0.3) is 0 Å². The summed E-state index contributed by atoms with van der Waals surface area (Å²) in [5.74, 6) is 0.0475. The Morgan fingerprint density at radius 2 is 2.05 bits per heavy atom. The zero-order valence-corrected chi connectivity index (χ0v) is 13.3. The number of nitrogens with zero attached hydrogens (tertiary/aromatic N) is 4. The zero-order chi connectivity index (χ0) is 15.6. The standard InChI is InChI=1S/C15H23N5O/c1-10(15-11(2)18-19(4)12(15)3)17-14(21)7-6-13-8-9-16-20(13)5/h8-10H,6-7H2,1-5H3,(H,17,21)/t10-/m0/s1. The molecule has 114 valence electrons. The zero-order valence-electron chi connectivity index (χ0n) is 13.3. The Morgan fingerprint density at radius 1 is 1.33 bits per heavy atom. The van der Waals surface area contributed by atoms with Gasteiger partial charge in [0.15, 0.2) is 0 Å².